The van der Waals surface area contributed by atoms with Crippen LogP contribution >= 0.6 is 15.9 Å². The molecule has 76 valence electrons. The Labute approximate surface area is 92.3 Å². The molecule has 0 aromatic carbocycles. The van der Waals surface area contributed by atoms with Crippen molar-refractivity contribution in [2.24, 2.45) is 0 Å². The Hall–Kier alpha value is -0.870. The highest BCUT2D eigenvalue weighted by atomic mass is 79.9. The summed E-state index contributed by atoms with van der Waals surface area (Å²) in [7, 11) is 1.88. The van der Waals surface area contributed by atoms with E-state index in [0.29, 0.717) is 6.61 Å². The summed E-state index contributed by atoms with van der Waals surface area (Å²) in [5.74, 6) is 0.747. The zero-order chi connectivity index (χ0) is 10.4. The molecule has 0 atom stereocenters. The van der Waals surface area contributed by atoms with E-state index in [9.17, 15) is 0 Å². The van der Waals surface area contributed by atoms with E-state index in [1.54, 1.807) is 12.4 Å². The molecule has 1 aromatic heterocycles. The number of nitrogens with one attached hydrogen (secondary N) is 1. The molecule has 0 bridgehead atoms. The van der Waals surface area contributed by atoms with Gasteiger partial charge in [0.1, 0.15) is 12.4 Å². The largest absolute Gasteiger partial charge is 0.488 e. The molecule has 1 heterocycles. The summed E-state index contributed by atoms with van der Waals surface area (Å²) in [6.07, 6.45) is 3.40. The number of rotatable bonds is 5. The average molecular weight is 257 g/mol. The van der Waals surface area contributed by atoms with Gasteiger partial charge in [-0.25, -0.2) is 0 Å². The topological polar surface area (TPSA) is 34.1 Å². The van der Waals surface area contributed by atoms with Crippen molar-refractivity contribution < 1.29 is 4.74 Å². The fourth-order valence-corrected chi connectivity index (χ4v) is 1.30. The van der Waals surface area contributed by atoms with Gasteiger partial charge in [0.15, 0.2) is 0 Å². The molecule has 1 aromatic rings. The van der Waals surface area contributed by atoms with Crippen molar-refractivity contribution in [3.63, 3.8) is 0 Å². The third-order valence-corrected chi connectivity index (χ3v) is 1.98. The molecule has 0 amide bonds. The highest BCUT2D eigenvalue weighted by Crippen LogP contribution is 2.15. The predicted molar refractivity (Wildman–Crippen MR) is 60.5 cm³/mol. The van der Waals surface area contributed by atoms with Crippen molar-refractivity contribution in [3.05, 3.63) is 35.1 Å². The minimum Gasteiger partial charge on any atom is -0.488 e. The first-order chi connectivity index (χ1) is 6.72. The summed E-state index contributed by atoms with van der Waals surface area (Å²) in [6, 6.07) is 1.87. The second kappa shape index (κ2) is 5.78. The Morgan fingerprint density at radius 1 is 1.64 bits per heavy atom. The number of ether oxygens (including phenoxy) is 1. The van der Waals surface area contributed by atoms with Crippen LogP contribution in [-0.4, -0.2) is 25.2 Å². The molecule has 3 nitrogen and oxygen atoms in total. The zero-order valence-electron chi connectivity index (χ0n) is 8.09. The van der Waals surface area contributed by atoms with Crippen LogP contribution in [0.2, 0.25) is 0 Å². The first kappa shape index (κ1) is 11.2. The van der Waals surface area contributed by atoms with Gasteiger partial charge in [-0.1, -0.05) is 6.58 Å². The lowest BCUT2D eigenvalue weighted by atomic mass is 10.3. The fraction of sp³-hybridized carbons (Fsp3) is 0.300. The van der Waals surface area contributed by atoms with Crippen LogP contribution in [0.1, 0.15) is 0 Å². The number of likely N-dealkylation sites (N-methyl/N-ethyl adjacent to an activating group) is 1. The van der Waals surface area contributed by atoms with E-state index >= 15 is 0 Å². The van der Waals surface area contributed by atoms with E-state index in [4.69, 9.17) is 4.74 Å². The average Bonchev–Trinajstić information content (AvgIpc) is 2.15. The lowest BCUT2D eigenvalue weighted by Gasteiger charge is -2.07. The maximum absolute atomic E-state index is 5.47. The molecular formula is C10H13BrN2O. The van der Waals surface area contributed by atoms with E-state index in [2.05, 4.69) is 32.8 Å². The molecule has 0 saturated carbocycles. The Balaban J connectivity index is 2.41. The first-order valence-electron chi connectivity index (χ1n) is 4.27. The molecule has 0 fully saturated rings. The Morgan fingerprint density at radius 2 is 2.43 bits per heavy atom. The summed E-state index contributed by atoms with van der Waals surface area (Å²) in [6.45, 7) is 5.14. The van der Waals surface area contributed by atoms with Gasteiger partial charge in [-0.3, -0.25) is 4.98 Å². The quantitative estimate of drug-likeness (QED) is 0.819. The smallest absolute Gasteiger partial charge is 0.139 e. The van der Waals surface area contributed by atoms with Crippen LogP contribution in [0.25, 0.3) is 0 Å². The van der Waals surface area contributed by atoms with Crippen molar-refractivity contribution in [1.29, 1.82) is 0 Å². The lowest BCUT2D eigenvalue weighted by Crippen LogP contribution is -2.14. The third kappa shape index (κ3) is 3.89. The standard InChI is InChI=1S/C10H13BrN2O/c1-8(4-12-2)7-14-10-3-9(11)5-13-6-10/h3,5-6,12H,1,4,7H2,2H3. The van der Waals surface area contributed by atoms with Gasteiger partial charge in [0.25, 0.3) is 0 Å². The number of hydrogen-bond acceptors (Lipinski definition) is 3. The van der Waals surface area contributed by atoms with Gasteiger partial charge in [0, 0.05) is 17.2 Å². The molecule has 0 unspecified atom stereocenters. The van der Waals surface area contributed by atoms with Crippen LogP contribution in [0, 0.1) is 0 Å². The molecule has 0 aliphatic carbocycles. The Morgan fingerprint density at radius 3 is 3.07 bits per heavy atom. The molecule has 1 N–H and O–H groups in total. The number of aromatic nitrogens is 1. The normalized spacial score (nSPS) is 9.86. The van der Waals surface area contributed by atoms with Crippen LogP contribution in [0.5, 0.6) is 5.75 Å². The fourth-order valence-electron chi connectivity index (χ4n) is 0.958. The monoisotopic (exact) mass is 256 g/mol. The SMILES string of the molecule is C=C(CNC)COc1cncc(Br)c1. The van der Waals surface area contributed by atoms with Crippen molar-refractivity contribution in [1.82, 2.24) is 10.3 Å². The summed E-state index contributed by atoms with van der Waals surface area (Å²) in [4.78, 5) is 3.99. The molecule has 0 saturated heterocycles. The van der Waals surface area contributed by atoms with Crippen LogP contribution in [0.4, 0.5) is 0 Å². The molecule has 0 aliphatic rings. The van der Waals surface area contributed by atoms with Crippen LogP contribution in [0.15, 0.2) is 35.1 Å². The molecule has 1 rings (SSSR count). The van der Waals surface area contributed by atoms with Gasteiger partial charge in [-0.2, -0.15) is 0 Å². The predicted octanol–water partition coefficient (Wildman–Crippen LogP) is 2.00. The third-order valence-electron chi connectivity index (χ3n) is 1.55. The van der Waals surface area contributed by atoms with Crippen molar-refractivity contribution in [2.45, 2.75) is 0 Å². The summed E-state index contributed by atoms with van der Waals surface area (Å²) in [5, 5.41) is 3.01. The van der Waals surface area contributed by atoms with E-state index < -0.39 is 0 Å². The number of pyridine rings is 1. The molecule has 4 heteroatoms. The lowest BCUT2D eigenvalue weighted by molar-refractivity contribution is 0.347. The molecule has 0 spiro atoms. The number of halogens is 1. The van der Waals surface area contributed by atoms with Gasteiger partial charge in [-0.15, -0.1) is 0 Å². The minimum atomic E-state index is 0.513. The number of hydrogen-bond donors (Lipinski definition) is 1. The summed E-state index contributed by atoms with van der Waals surface area (Å²) >= 11 is 3.32. The number of nitrogens with zero attached hydrogens (tertiary/aromatic N) is 1. The van der Waals surface area contributed by atoms with Crippen LogP contribution < -0.4 is 10.1 Å². The molecule has 14 heavy (non-hydrogen) atoms. The van der Waals surface area contributed by atoms with Crippen LogP contribution in [-0.2, 0) is 0 Å². The summed E-state index contributed by atoms with van der Waals surface area (Å²) < 4.78 is 6.38. The van der Waals surface area contributed by atoms with Gasteiger partial charge < -0.3 is 10.1 Å². The van der Waals surface area contributed by atoms with Crippen molar-refractivity contribution >= 4 is 15.9 Å². The van der Waals surface area contributed by atoms with Gasteiger partial charge in [0.05, 0.1) is 6.20 Å². The second-order valence-electron chi connectivity index (χ2n) is 2.91. The van der Waals surface area contributed by atoms with E-state index in [0.717, 1.165) is 22.3 Å². The first-order valence-corrected chi connectivity index (χ1v) is 5.06. The highest BCUT2D eigenvalue weighted by Gasteiger charge is 1.97. The minimum absolute atomic E-state index is 0.513. The second-order valence-corrected chi connectivity index (χ2v) is 3.82. The van der Waals surface area contributed by atoms with Crippen molar-refractivity contribution in [3.8, 4) is 5.75 Å². The maximum Gasteiger partial charge on any atom is 0.139 e. The van der Waals surface area contributed by atoms with Gasteiger partial charge >= 0.3 is 0 Å². The molecular weight excluding hydrogens is 244 g/mol. The molecule has 0 radical (unpaired) electrons. The Bertz CT molecular complexity index is 315. The Kier molecular flexibility index (Phi) is 4.62. The van der Waals surface area contributed by atoms with Gasteiger partial charge in [0.2, 0.25) is 0 Å². The maximum atomic E-state index is 5.47. The van der Waals surface area contributed by atoms with Gasteiger partial charge in [-0.05, 0) is 34.6 Å². The van der Waals surface area contributed by atoms with E-state index in [-0.39, 0.29) is 0 Å². The molecule has 0 aliphatic heterocycles. The van der Waals surface area contributed by atoms with E-state index in [1.165, 1.54) is 0 Å². The van der Waals surface area contributed by atoms with E-state index in [1.807, 2.05) is 13.1 Å². The highest BCUT2D eigenvalue weighted by molar-refractivity contribution is 9.10. The summed E-state index contributed by atoms with van der Waals surface area (Å²) in [5.41, 5.74) is 1.01. The van der Waals surface area contributed by atoms with Crippen molar-refractivity contribution in [2.75, 3.05) is 20.2 Å². The zero-order valence-corrected chi connectivity index (χ0v) is 9.67. The van der Waals surface area contributed by atoms with Crippen LogP contribution in [0.3, 0.4) is 0 Å².